The third kappa shape index (κ3) is 5.15. The van der Waals surface area contributed by atoms with Crippen molar-refractivity contribution in [2.75, 3.05) is 63.4 Å². The first-order valence-corrected chi connectivity index (χ1v) is 11.5. The van der Waals surface area contributed by atoms with E-state index in [9.17, 15) is 13.2 Å². The number of rotatable bonds is 6. The van der Waals surface area contributed by atoms with Crippen LogP contribution in [-0.4, -0.2) is 89.3 Å². The zero-order valence-electron chi connectivity index (χ0n) is 16.8. The van der Waals surface area contributed by atoms with Crippen LogP contribution in [0.5, 0.6) is 5.75 Å². The minimum Gasteiger partial charge on any atom is -0.476 e. The standard InChI is InChI=1S/C19H30N4O4S/c1-15-5-6-17-16(13-15)23(28(3,25)26)14-18(27-17)19(24)20-7-4-8-22-11-9-21(2)10-12-22/h5-6,13,18H,4,7-12,14H2,1-3H3,(H,20,24)/t18-/m0/s1. The highest BCUT2D eigenvalue weighted by molar-refractivity contribution is 7.92. The Hall–Kier alpha value is -1.84. The van der Waals surface area contributed by atoms with E-state index in [0.717, 1.165) is 51.0 Å². The Labute approximate surface area is 167 Å². The van der Waals surface area contributed by atoms with E-state index in [0.29, 0.717) is 18.0 Å². The number of hydrogen-bond donors (Lipinski definition) is 1. The molecule has 1 N–H and O–H groups in total. The number of sulfonamides is 1. The summed E-state index contributed by atoms with van der Waals surface area (Å²) < 4.78 is 31.5. The third-order valence-electron chi connectivity index (χ3n) is 5.22. The van der Waals surface area contributed by atoms with E-state index in [4.69, 9.17) is 4.74 Å². The summed E-state index contributed by atoms with van der Waals surface area (Å²) >= 11 is 0. The highest BCUT2D eigenvalue weighted by Crippen LogP contribution is 2.35. The maximum Gasteiger partial charge on any atom is 0.263 e. The topological polar surface area (TPSA) is 82.2 Å². The maximum absolute atomic E-state index is 12.6. The maximum atomic E-state index is 12.6. The number of carbonyl (C=O) groups is 1. The van der Waals surface area contributed by atoms with Crippen molar-refractivity contribution in [2.24, 2.45) is 0 Å². The number of nitrogens with one attached hydrogen (secondary N) is 1. The molecule has 0 unspecified atom stereocenters. The lowest BCUT2D eigenvalue weighted by Gasteiger charge is -2.34. The van der Waals surface area contributed by atoms with Gasteiger partial charge in [-0.3, -0.25) is 9.10 Å². The molecule has 2 aliphatic heterocycles. The molecule has 3 rings (SSSR count). The summed E-state index contributed by atoms with van der Waals surface area (Å²) in [5, 5.41) is 2.89. The lowest BCUT2D eigenvalue weighted by molar-refractivity contribution is -0.127. The fourth-order valence-corrected chi connectivity index (χ4v) is 4.42. The second-order valence-corrected chi connectivity index (χ2v) is 9.57. The molecule has 0 saturated carbocycles. The molecule has 1 saturated heterocycles. The average molecular weight is 411 g/mol. The van der Waals surface area contributed by atoms with Crippen molar-refractivity contribution in [3.05, 3.63) is 23.8 Å². The fourth-order valence-electron chi connectivity index (χ4n) is 3.51. The number of likely N-dealkylation sites (N-methyl/N-ethyl adjacent to an activating group) is 1. The van der Waals surface area contributed by atoms with Gasteiger partial charge < -0.3 is 19.9 Å². The van der Waals surface area contributed by atoms with Gasteiger partial charge in [-0.2, -0.15) is 0 Å². The van der Waals surface area contributed by atoms with Crippen LogP contribution in [0.25, 0.3) is 0 Å². The summed E-state index contributed by atoms with van der Waals surface area (Å²) in [6.07, 6.45) is 1.15. The molecule has 9 heteroatoms. The minimum atomic E-state index is -3.50. The van der Waals surface area contributed by atoms with Crippen molar-refractivity contribution in [1.29, 1.82) is 0 Å². The molecule has 2 aliphatic rings. The summed E-state index contributed by atoms with van der Waals surface area (Å²) in [5.74, 6) is 0.137. The quantitative estimate of drug-likeness (QED) is 0.679. The van der Waals surface area contributed by atoms with Crippen molar-refractivity contribution in [1.82, 2.24) is 15.1 Å². The Morgan fingerprint density at radius 3 is 2.64 bits per heavy atom. The summed E-state index contributed by atoms with van der Waals surface area (Å²) in [6.45, 7) is 7.61. The predicted octanol–water partition coefficient (Wildman–Crippen LogP) is 0.276. The van der Waals surface area contributed by atoms with Crippen LogP contribution in [-0.2, 0) is 14.8 Å². The van der Waals surface area contributed by atoms with Crippen molar-refractivity contribution in [3.63, 3.8) is 0 Å². The van der Waals surface area contributed by atoms with Gasteiger partial charge in [0.05, 0.1) is 18.5 Å². The lowest BCUT2D eigenvalue weighted by Crippen LogP contribution is -2.51. The van der Waals surface area contributed by atoms with Crippen LogP contribution in [0, 0.1) is 6.92 Å². The molecular formula is C19H30N4O4S. The van der Waals surface area contributed by atoms with Crippen molar-refractivity contribution < 1.29 is 17.9 Å². The van der Waals surface area contributed by atoms with Gasteiger partial charge in [-0.15, -0.1) is 0 Å². The number of benzene rings is 1. The van der Waals surface area contributed by atoms with Crippen LogP contribution in [0.1, 0.15) is 12.0 Å². The number of carbonyl (C=O) groups excluding carboxylic acids is 1. The van der Waals surface area contributed by atoms with E-state index in [1.807, 2.05) is 13.0 Å². The van der Waals surface area contributed by atoms with Crippen LogP contribution < -0.4 is 14.4 Å². The molecule has 1 fully saturated rings. The molecule has 156 valence electrons. The average Bonchev–Trinajstić information content (AvgIpc) is 2.64. The van der Waals surface area contributed by atoms with Gasteiger partial charge in [-0.25, -0.2) is 8.42 Å². The van der Waals surface area contributed by atoms with Gasteiger partial charge in [0.1, 0.15) is 5.75 Å². The number of amides is 1. The summed E-state index contributed by atoms with van der Waals surface area (Å²) in [5.41, 5.74) is 1.42. The number of anilines is 1. The Morgan fingerprint density at radius 2 is 1.96 bits per heavy atom. The number of piperazine rings is 1. The minimum absolute atomic E-state index is 0.0143. The van der Waals surface area contributed by atoms with Crippen molar-refractivity contribution in [2.45, 2.75) is 19.4 Å². The third-order valence-corrected chi connectivity index (χ3v) is 6.37. The van der Waals surface area contributed by atoms with Gasteiger partial charge in [0.25, 0.3) is 5.91 Å². The van der Waals surface area contributed by atoms with Crippen LogP contribution in [0.4, 0.5) is 5.69 Å². The molecule has 0 radical (unpaired) electrons. The van der Waals surface area contributed by atoms with E-state index in [-0.39, 0.29) is 12.5 Å². The van der Waals surface area contributed by atoms with E-state index in [1.54, 1.807) is 12.1 Å². The summed E-state index contributed by atoms with van der Waals surface area (Å²) in [6, 6.07) is 5.33. The van der Waals surface area contributed by atoms with Gasteiger partial charge >= 0.3 is 0 Å². The van der Waals surface area contributed by atoms with E-state index < -0.39 is 16.1 Å². The van der Waals surface area contributed by atoms with Gasteiger partial charge in [-0.1, -0.05) is 6.07 Å². The first-order valence-electron chi connectivity index (χ1n) is 9.67. The Morgan fingerprint density at radius 1 is 1.25 bits per heavy atom. The van der Waals surface area contributed by atoms with Crippen molar-refractivity contribution >= 4 is 21.6 Å². The molecule has 2 heterocycles. The van der Waals surface area contributed by atoms with Crippen molar-refractivity contribution in [3.8, 4) is 5.75 Å². The second kappa shape index (κ2) is 8.67. The number of fused-ring (bicyclic) bond motifs is 1. The number of nitrogens with zero attached hydrogens (tertiary/aromatic N) is 3. The monoisotopic (exact) mass is 410 g/mol. The van der Waals surface area contributed by atoms with Crippen LogP contribution >= 0.6 is 0 Å². The van der Waals surface area contributed by atoms with E-state index >= 15 is 0 Å². The molecule has 0 spiro atoms. The molecule has 1 amide bonds. The first kappa shape index (κ1) is 20.9. The van der Waals surface area contributed by atoms with Crippen LogP contribution in [0.15, 0.2) is 18.2 Å². The fraction of sp³-hybridized carbons (Fsp3) is 0.632. The zero-order valence-corrected chi connectivity index (χ0v) is 17.7. The molecule has 8 nitrogen and oxygen atoms in total. The molecular weight excluding hydrogens is 380 g/mol. The van der Waals surface area contributed by atoms with E-state index in [1.165, 1.54) is 4.31 Å². The van der Waals surface area contributed by atoms with Crippen LogP contribution in [0.2, 0.25) is 0 Å². The highest BCUT2D eigenvalue weighted by atomic mass is 32.2. The Bertz CT molecular complexity index is 806. The normalized spacial score (nSPS) is 21.1. The molecule has 0 aliphatic carbocycles. The van der Waals surface area contributed by atoms with Crippen LogP contribution in [0.3, 0.4) is 0 Å². The number of hydrogen-bond acceptors (Lipinski definition) is 6. The Balaban J connectivity index is 1.55. The lowest BCUT2D eigenvalue weighted by atomic mass is 10.1. The predicted molar refractivity (Wildman–Crippen MR) is 109 cm³/mol. The van der Waals surface area contributed by atoms with E-state index in [2.05, 4.69) is 22.2 Å². The molecule has 1 aromatic carbocycles. The first-order chi connectivity index (χ1) is 13.2. The number of aryl methyl sites for hydroxylation is 1. The molecule has 0 bridgehead atoms. The summed E-state index contributed by atoms with van der Waals surface area (Å²) in [7, 11) is -1.38. The van der Waals surface area contributed by atoms with Gasteiger partial charge in [0.15, 0.2) is 6.10 Å². The highest BCUT2D eigenvalue weighted by Gasteiger charge is 2.34. The van der Waals surface area contributed by atoms with Gasteiger partial charge in [0.2, 0.25) is 10.0 Å². The number of ether oxygens (including phenoxy) is 1. The molecule has 1 aromatic rings. The zero-order chi connectivity index (χ0) is 20.3. The van der Waals surface area contributed by atoms with Gasteiger partial charge in [0, 0.05) is 32.7 Å². The Kier molecular flexibility index (Phi) is 6.47. The molecule has 28 heavy (non-hydrogen) atoms. The molecule has 0 aromatic heterocycles. The summed E-state index contributed by atoms with van der Waals surface area (Å²) in [4.78, 5) is 17.3. The second-order valence-electron chi connectivity index (χ2n) is 7.66. The smallest absolute Gasteiger partial charge is 0.263 e. The largest absolute Gasteiger partial charge is 0.476 e. The SMILES string of the molecule is Cc1ccc2c(c1)N(S(C)(=O)=O)C[C@@H](C(=O)NCCCN1CCN(C)CC1)O2. The van der Waals surface area contributed by atoms with Gasteiger partial charge in [-0.05, 0) is 44.6 Å². The molecule has 1 atom stereocenters.